The fourth-order valence-corrected chi connectivity index (χ4v) is 2.58. The number of carbonyl (C=O) groups excluding carboxylic acids is 1. The van der Waals surface area contributed by atoms with Crippen molar-refractivity contribution in [2.45, 2.75) is 50.6 Å². The Balaban J connectivity index is 0.00000264. The van der Waals surface area contributed by atoms with E-state index in [-0.39, 0.29) is 30.6 Å². The number of rotatable bonds is 4. The zero-order chi connectivity index (χ0) is 16.2. The Morgan fingerprint density at radius 1 is 1.17 bits per heavy atom. The van der Waals surface area contributed by atoms with Crippen LogP contribution in [-0.4, -0.2) is 17.8 Å². The second-order valence-corrected chi connectivity index (χ2v) is 5.59. The lowest BCUT2D eigenvalue weighted by atomic mass is 9.82. The van der Waals surface area contributed by atoms with Crippen molar-refractivity contribution < 1.29 is 22.7 Å². The zero-order valence-electron chi connectivity index (χ0n) is 12.5. The van der Waals surface area contributed by atoms with Crippen LogP contribution in [0.15, 0.2) is 24.3 Å². The van der Waals surface area contributed by atoms with E-state index in [1.165, 1.54) is 24.3 Å². The number of nitrogens with one attached hydrogen (secondary N) is 1. The third-order valence-electron chi connectivity index (χ3n) is 3.81. The molecule has 0 radical (unpaired) electrons. The highest BCUT2D eigenvalue weighted by Crippen LogP contribution is 2.26. The van der Waals surface area contributed by atoms with E-state index >= 15 is 0 Å². The molecule has 23 heavy (non-hydrogen) atoms. The van der Waals surface area contributed by atoms with Gasteiger partial charge in [-0.2, -0.15) is 0 Å². The van der Waals surface area contributed by atoms with Crippen LogP contribution in [0.4, 0.5) is 13.2 Å². The lowest BCUT2D eigenvalue weighted by Crippen LogP contribution is -2.54. The number of nitrogens with two attached hydrogens (primary N) is 1. The van der Waals surface area contributed by atoms with Gasteiger partial charge in [0, 0.05) is 6.54 Å². The molecular formula is C15H20ClF3N2O2. The summed E-state index contributed by atoms with van der Waals surface area (Å²) in [5, 5.41) is 2.75. The van der Waals surface area contributed by atoms with Crippen molar-refractivity contribution in [1.29, 1.82) is 0 Å². The summed E-state index contributed by atoms with van der Waals surface area (Å²) in [6.45, 7) is 0.226. The van der Waals surface area contributed by atoms with E-state index in [4.69, 9.17) is 5.73 Å². The molecule has 0 spiro atoms. The van der Waals surface area contributed by atoms with Crippen LogP contribution in [0, 0.1) is 0 Å². The fourth-order valence-electron chi connectivity index (χ4n) is 2.58. The molecule has 3 N–H and O–H groups in total. The molecular weight excluding hydrogens is 333 g/mol. The molecule has 4 nitrogen and oxygen atoms in total. The van der Waals surface area contributed by atoms with Crippen LogP contribution in [0.2, 0.25) is 0 Å². The number of benzene rings is 1. The Labute approximate surface area is 139 Å². The first kappa shape index (κ1) is 19.6. The highest BCUT2D eigenvalue weighted by atomic mass is 35.5. The van der Waals surface area contributed by atoms with Gasteiger partial charge in [0.1, 0.15) is 5.75 Å². The minimum Gasteiger partial charge on any atom is -0.406 e. The molecule has 0 aromatic heterocycles. The van der Waals surface area contributed by atoms with Crippen molar-refractivity contribution in [3.8, 4) is 5.75 Å². The largest absolute Gasteiger partial charge is 0.573 e. The summed E-state index contributed by atoms with van der Waals surface area (Å²) >= 11 is 0. The smallest absolute Gasteiger partial charge is 0.406 e. The van der Waals surface area contributed by atoms with Crippen LogP contribution in [0.3, 0.4) is 0 Å². The number of hydrogen-bond acceptors (Lipinski definition) is 3. The van der Waals surface area contributed by atoms with Gasteiger partial charge in [-0.3, -0.25) is 4.79 Å². The van der Waals surface area contributed by atoms with Crippen LogP contribution in [0.1, 0.15) is 37.7 Å². The molecule has 1 aliphatic carbocycles. The quantitative estimate of drug-likeness (QED) is 0.874. The number of carbonyl (C=O) groups is 1. The van der Waals surface area contributed by atoms with Crippen LogP contribution in [-0.2, 0) is 11.3 Å². The Hall–Kier alpha value is -1.47. The summed E-state index contributed by atoms with van der Waals surface area (Å²) in [5.74, 6) is -0.493. The molecule has 0 heterocycles. The summed E-state index contributed by atoms with van der Waals surface area (Å²) in [6.07, 6.45) is -0.412. The molecule has 0 bridgehead atoms. The van der Waals surface area contributed by atoms with Crippen molar-refractivity contribution in [2.75, 3.05) is 0 Å². The van der Waals surface area contributed by atoms with E-state index in [1.807, 2.05) is 0 Å². The molecule has 1 aliphatic rings. The van der Waals surface area contributed by atoms with Crippen molar-refractivity contribution in [3.05, 3.63) is 29.8 Å². The zero-order valence-corrected chi connectivity index (χ0v) is 13.3. The third kappa shape index (κ3) is 5.91. The molecule has 0 atom stereocenters. The molecule has 2 rings (SSSR count). The van der Waals surface area contributed by atoms with Gasteiger partial charge in [-0.25, -0.2) is 0 Å². The van der Waals surface area contributed by atoms with Gasteiger partial charge in [0.05, 0.1) is 5.54 Å². The van der Waals surface area contributed by atoms with Gasteiger partial charge in [0.15, 0.2) is 0 Å². The topological polar surface area (TPSA) is 64.4 Å². The minimum absolute atomic E-state index is 0. The first-order valence-corrected chi connectivity index (χ1v) is 7.20. The maximum Gasteiger partial charge on any atom is 0.573 e. The van der Waals surface area contributed by atoms with Crippen LogP contribution < -0.4 is 15.8 Å². The van der Waals surface area contributed by atoms with Gasteiger partial charge in [-0.05, 0) is 30.5 Å². The predicted octanol–water partition coefficient (Wildman–Crippen LogP) is 3.28. The van der Waals surface area contributed by atoms with Crippen molar-refractivity contribution in [3.63, 3.8) is 0 Å². The van der Waals surface area contributed by atoms with Gasteiger partial charge in [-0.1, -0.05) is 31.4 Å². The Morgan fingerprint density at radius 2 is 1.74 bits per heavy atom. The number of halogens is 4. The Bertz CT molecular complexity index is 514. The lowest BCUT2D eigenvalue weighted by Gasteiger charge is -2.31. The summed E-state index contributed by atoms with van der Waals surface area (Å²) in [4.78, 5) is 12.1. The van der Waals surface area contributed by atoms with Gasteiger partial charge < -0.3 is 15.8 Å². The number of amides is 1. The number of alkyl halides is 3. The van der Waals surface area contributed by atoms with Crippen molar-refractivity contribution in [2.24, 2.45) is 5.73 Å². The van der Waals surface area contributed by atoms with Gasteiger partial charge >= 0.3 is 6.36 Å². The fraction of sp³-hybridized carbons (Fsp3) is 0.533. The summed E-state index contributed by atoms with van der Waals surface area (Å²) in [7, 11) is 0. The third-order valence-corrected chi connectivity index (χ3v) is 3.81. The van der Waals surface area contributed by atoms with E-state index < -0.39 is 11.9 Å². The molecule has 1 amide bonds. The summed E-state index contributed by atoms with van der Waals surface area (Å²) < 4.78 is 39.9. The molecule has 1 aromatic carbocycles. The van der Waals surface area contributed by atoms with Gasteiger partial charge in [0.2, 0.25) is 5.91 Å². The lowest BCUT2D eigenvalue weighted by molar-refractivity contribution is -0.274. The summed E-state index contributed by atoms with van der Waals surface area (Å²) in [6, 6.07) is 5.39. The average molecular weight is 353 g/mol. The Kier molecular flexibility index (Phi) is 6.70. The summed E-state index contributed by atoms with van der Waals surface area (Å²) in [5.41, 5.74) is 5.96. The highest BCUT2D eigenvalue weighted by molar-refractivity contribution is 5.86. The highest BCUT2D eigenvalue weighted by Gasteiger charge is 2.35. The molecule has 0 unspecified atom stereocenters. The molecule has 1 aromatic rings. The molecule has 1 fully saturated rings. The van der Waals surface area contributed by atoms with E-state index in [0.717, 1.165) is 19.3 Å². The predicted molar refractivity (Wildman–Crippen MR) is 82.2 cm³/mol. The molecule has 0 aliphatic heterocycles. The maximum absolute atomic E-state index is 12.1. The number of ether oxygens (including phenoxy) is 1. The monoisotopic (exact) mass is 352 g/mol. The van der Waals surface area contributed by atoms with Crippen molar-refractivity contribution in [1.82, 2.24) is 5.32 Å². The molecule has 8 heteroatoms. The average Bonchev–Trinajstić information content (AvgIpc) is 2.45. The van der Waals surface area contributed by atoms with E-state index in [9.17, 15) is 18.0 Å². The van der Waals surface area contributed by atoms with Crippen LogP contribution in [0.5, 0.6) is 5.75 Å². The minimum atomic E-state index is -4.71. The van der Waals surface area contributed by atoms with Crippen LogP contribution in [0.25, 0.3) is 0 Å². The SMILES string of the molecule is Cl.NC1(C(=O)NCc2ccc(OC(F)(F)F)cc2)CCCCC1. The molecule has 1 saturated carbocycles. The van der Waals surface area contributed by atoms with E-state index in [1.54, 1.807) is 0 Å². The number of hydrogen-bond donors (Lipinski definition) is 2. The first-order valence-electron chi connectivity index (χ1n) is 7.20. The van der Waals surface area contributed by atoms with E-state index in [0.29, 0.717) is 18.4 Å². The maximum atomic E-state index is 12.1. The van der Waals surface area contributed by atoms with Gasteiger partial charge in [-0.15, -0.1) is 25.6 Å². The standard InChI is InChI=1S/C15H19F3N2O2.ClH/c16-15(17,18)22-12-6-4-11(5-7-12)10-20-13(21)14(19)8-2-1-3-9-14;/h4-7H,1-3,8-10,19H2,(H,20,21);1H. The van der Waals surface area contributed by atoms with Gasteiger partial charge in [0.25, 0.3) is 0 Å². The molecule has 130 valence electrons. The second-order valence-electron chi connectivity index (χ2n) is 5.59. The van der Waals surface area contributed by atoms with Crippen LogP contribution >= 0.6 is 12.4 Å². The molecule has 0 saturated heterocycles. The first-order chi connectivity index (χ1) is 10.3. The normalized spacial score (nSPS) is 17.0. The van der Waals surface area contributed by atoms with E-state index in [2.05, 4.69) is 10.1 Å². The van der Waals surface area contributed by atoms with Crippen molar-refractivity contribution >= 4 is 18.3 Å². The second kappa shape index (κ2) is 7.88. The Morgan fingerprint density at radius 3 is 2.26 bits per heavy atom.